The highest BCUT2D eigenvalue weighted by molar-refractivity contribution is 5.93. The normalized spacial score (nSPS) is 14.3. The van der Waals surface area contributed by atoms with E-state index in [1.165, 1.54) is 4.57 Å². The molecule has 2 N–H and O–H groups in total. The van der Waals surface area contributed by atoms with Crippen LogP contribution in [-0.4, -0.2) is 21.5 Å². The molecule has 150 valence electrons. The van der Waals surface area contributed by atoms with Crippen LogP contribution in [0.4, 0.5) is 20.3 Å². The average molecular weight is 398 g/mol. The third kappa shape index (κ3) is 4.26. The topological polar surface area (TPSA) is 76.0 Å². The van der Waals surface area contributed by atoms with Gasteiger partial charge in [-0.25, -0.2) is 13.6 Å². The Hall–Kier alpha value is -3.29. The maximum atomic E-state index is 13.3. The van der Waals surface area contributed by atoms with Crippen LogP contribution in [0.15, 0.2) is 47.3 Å². The summed E-state index contributed by atoms with van der Waals surface area (Å²) in [7, 11) is 0. The Balaban J connectivity index is 1.62. The minimum absolute atomic E-state index is 0.0164. The molecular formula is C21H20F2N4O2. The molecule has 0 saturated heterocycles. The molecule has 6 nitrogen and oxygen atoms in total. The van der Waals surface area contributed by atoms with Crippen LogP contribution < -0.4 is 16.3 Å². The predicted octanol–water partition coefficient (Wildman–Crippen LogP) is 3.67. The third-order valence-electron chi connectivity index (χ3n) is 5.03. The van der Waals surface area contributed by atoms with Crippen molar-refractivity contribution in [2.75, 3.05) is 10.6 Å². The lowest BCUT2D eigenvalue weighted by atomic mass is 10.2. The summed E-state index contributed by atoms with van der Waals surface area (Å²) in [5, 5.41) is 6.50. The minimum atomic E-state index is -0.799. The van der Waals surface area contributed by atoms with E-state index < -0.39 is 23.2 Å². The summed E-state index contributed by atoms with van der Waals surface area (Å²) in [6.45, 7) is -0.325. The van der Waals surface area contributed by atoms with E-state index in [2.05, 4.69) is 15.6 Å². The standard InChI is InChI=1S/C21H20F2N4O2/c22-13-9-14(23)11-16(10-13)24-19(28)12-27-18-8-4-3-7-17(18)20(26-21(27)29)25-15-5-1-2-6-15/h3-4,7-11,15H,1-2,5-6,12H2,(H,24,28)(H,25,26,29). The number of benzene rings is 2. The Morgan fingerprint density at radius 3 is 2.52 bits per heavy atom. The summed E-state index contributed by atoms with van der Waals surface area (Å²) in [4.78, 5) is 29.2. The van der Waals surface area contributed by atoms with Crippen LogP contribution in [0.2, 0.25) is 0 Å². The summed E-state index contributed by atoms with van der Waals surface area (Å²) in [6, 6.07) is 10.2. The molecular weight excluding hydrogens is 378 g/mol. The number of hydrogen-bond acceptors (Lipinski definition) is 4. The number of rotatable bonds is 5. The van der Waals surface area contributed by atoms with Gasteiger partial charge in [-0.2, -0.15) is 4.98 Å². The number of para-hydroxylation sites is 1. The van der Waals surface area contributed by atoms with Crippen molar-refractivity contribution < 1.29 is 13.6 Å². The zero-order valence-electron chi connectivity index (χ0n) is 15.6. The van der Waals surface area contributed by atoms with Gasteiger partial charge in [-0.1, -0.05) is 25.0 Å². The molecule has 1 aliphatic rings. The van der Waals surface area contributed by atoms with Gasteiger partial charge in [0, 0.05) is 23.2 Å². The quantitative estimate of drug-likeness (QED) is 0.688. The monoisotopic (exact) mass is 398 g/mol. The molecule has 1 fully saturated rings. The summed E-state index contributed by atoms with van der Waals surface area (Å²) in [5.74, 6) is -1.67. The first-order valence-corrected chi connectivity index (χ1v) is 9.51. The van der Waals surface area contributed by atoms with E-state index in [-0.39, 0.29) is 18.3 Å². The van der Waals surface area contributed by atoms with Gasteiger partial charge in [0.05, 0.1) is 5.52 Å². The first-order chi connectivity index (χ1) is 14.0. The molecule has 1 heterocycles. The average Bonchev–Trinajstić information content (AvgIpc) is 3.17. The number of carbonyl (C=O) groups is 1. The van der Waals surface area contributed by atoms with Crippen LogP contribution in [0.5, 0.6) is 0 Å². The summed E-state index contributed by atoms with van der Waals surface area (Å²) in [5.41, 5.74) is -0.0179. The zero-order chi connectivity index (χ0) is 20.4. The van der Waals surface area contributed by atoms with Gasteiger partial charge in [0.1, 0.15) is 24.0 Å². The molecule has 1 aromatic heterocycles. The second kappa shape index (κ2) is 7.98. The van der Waals surface area contributed by atoms with E-state index in [1.807, 2.05) is 12.1 Å². The lowest BCUT2D eigenvalue weighted by Gasteiger charge is -2.17. The molecule has 3 aromatic rings. The third-order valence-corrected chi connectivity index (χ3v) is 5.03. The van der Waals surface area contributed by atoms with E-state index in [0.29, 0.717) is 17.4 Å². The molecule has 0 atom stereocenters. The molecule has 0 aliphatic heterocycles. The van der Waals surface area contributed by atoms with Gasteiger partial charge in [-0.15, -0.1) is 0 Å². The lowest BCUT2D eigenvalue weighted by molar-refractivity contribution is -0.116. The Labute approximate surface area is 165 Å². The molecule has 4 rings (SSSR count). The van der Waals surface area contributed by atoms with Crippen molar-refractivity contribution >= 4 is 28.3 Å². The Morgan fingerprint density at radius 2 is 1.79 bits per heavy atom. The molecule has 0 spiro atoms. The van der Waals surface area contributed by atoms with E-state index in [9.17, 15) is 18.4 Å². The first-order valence-electron chi connectivity index (χ1n) is 9.51. The van der Waals surface area contributed by atoms with E-state index in [1.54, 1.807) is 12.1 Å². The fourth-order valence-electron chi connectivity index (χ4n) is 3.72. The Morgan fingerprint density at radius 1 is 1.10 bits per heavy atom. The maximum Gasteiger partial charge on any atom is 0.350 e. The lowest BCUT2D eigenvalue weighted by Crippen LogP contribution is -2.31. The number of fused-ring (bicyclic) bond motifs is 1. The summed E-state index contributed by atoms with van der Waals surface area (Å²) < 4.78 is 27.9. The van der Waals surface area contributed by atoms with Crippen molar-refractivity contribution in [1.82, 2.24) is 9.55 Å². The molecule has 1 saturated carbocycles. The van der Waals surface area contributed by atoms with Crippen molar-refractivity contribution in [3.63, 3.8) is 0 Å². The van der Waals surface area contributed by atoms with Crippen LogP contribution in [0.1, 0.15) is 25.7 Å². The number of anilines is 2. The van der Waals surface area contributed by atoms with Gasteiger partial charge in [0.25, 0.3) is 0 Å². The number of carbonyl (C=O) groups excluding carboxylic acids is 1. The maximum absolute atomic E-state index is 13.3. The molecule has 29 heavy (non-hydrogen) atoms. The molecule has 0 unspecified atom stereocenters. The van der Waals surface area contributed by atoms with Gasteiger partial charge >= 0.3 is 5.69 Å². The van der Waals surface area contributed by atoms with Crippen LogP contribution in [-0.2, 0) is 11.3 Å². The van der Waals surface area contributed by atoms with E-state index in [0.717, 1.165) is 43.2 Å². The number of nitrogens with zero attached hydrogens (tertiary/aromatic N) is 2. The van der Waals surface area contributed by atoms with Crippen molar-refractivity contribution in [3.8, 4) is 0 Å². The number of hydrogen-bond donors (Lipinski definition) is 2. The highest BCUT2D eigenvalue weighted by Gasteiger charge is 2.18. The van der Waals surface area contributed by atoms with Crippen molar-refractivity contribution in [3.05, 3.63) is 64.6 Å². The SMILES string of the molecule is O=C(Cn1c(=O)nc(NC2CCCC2)c2ccccc21)Nc1cc(F)cc(F)c1. The molecule has 2 aromatic carbocycles. The highest BCUT2D eigenvalue weighted by Crippen LogP contribution is 2.25. The molecule has 1 aliphatic carbocycles. The second-order valence-corrected chi connectivity index (χ2v) is 7.18. The summed E-state index contributed by atoms with van der Waals surface area (Å²) in [6.07, 6.45) is 4.36. The number of halogens is 2. The van der Waals surface area contributed by atoms with Gasteiger partial charge in [0.15, 0.2) is 0 Å². The molecule has 8 heteroatoms. The fraction of sp³-hybridized carbons (Fsp3) is 0.286. The van der Waals surface area contributed by atoms with E-state index >= 15 is 0 Å². The van der Waals surface area contributed by atoms with Gasteiger partial charge in [0.2, 0.25) is 5.91 Å². The van der Waals surface area contributed by atoms with Crippen molar-refractivity contribution in [2.24, 2.45) is 0 Å². The molecule has 1 amide bonds. The summed E-state index contributed by atoms with van der Waals surface area (Å²) >= 11 is 0. The number of aromatic nitrogens is 2. The van der Waals surface area contributed by atoms with E-state index in [4.69, 9.17) is 0 Å². The largest absolute Gasteiger partial charge is 0.367 e. The Bertz CT molecular complexity index is 1100. The van der Waals surface area contributed by atoms with Crippen molar-refractivity contribution in [1.29, 1.82) is 0 Å². The molecule has 0 bridgehead atoms. The zero-order valence-corrected chi connectivity index (χ0v) is 15.6. The smallest absolute Gasteiger partial charge is 0.350 e. The Kier molecular flexibility index (Phi) is 5.24. The minimum Gasteiger partial charge on any atom is -0.367 e. The first kappa shape index (κ1) is 19.0. The van der Waals surface area contributed by atoms with Crippen LogP contribution in [0, 0.1) is 11.6 Å². The van der Waals surface area contributed by atoms with Crippen LogP contribution in [0.25, 0.3) is 10.9 Å². The second-order valence-electron chi connectivity index (χ2n) is 7.18. The van der Waals surface area contributed by atoms with Gasteiger partial charge < -0.3 is 10.6 Å². The predicted molar refractivity (Wildman–Crippen MR) is 107 cm³/mol. The fourth-order valence-corrected chi connectivity index (χ4v) is 3.72. The van der Waals surface area contributed by atoms with Crippen LogP contribution >= 0.6 is 0 Å². The van der Waals surface area contributed by atoms with Crippen LogP contribution in [0.3, 0.4) is 0 Å². The van der Waals surface area contributed by atoms with Crippen molar-refractivity contribution in [2.45, 2.75) is 38.3 Å². The molecule has 0 radical (unpaired) electrons. The number of nitrogens with one attached hydrogen (secondary N) is 2. The number of amides is 1. The van der Waals surface area contributed by atoms with Gasteiger partial charge in [-0.3, -0.25) is 9.36 Å². The van der Waals surface area contributed by atoms with Gasteiger partial charge in [-0.05, 0) is 37.1 Å². The highest BCUT2D eigenvalue weighted by atomic mass is 19.1.